The number of hydrogen-bond acceptors (Lipinski definition) is 3. The van der Waals surface area contributed by atoms with E-state index in [1.54, 1.807) is 0 Å². The average Bonchev–Trinajstić information content (AvgIpc) is 3.13. The molecule has 0 aromatic heterocycles. The minimum atomic E-state index is 0.593. The first-order valence-corrected chi connectivity index (χ1v) is 16.0. The second-order valence-corrected chi connectivity index (χ2v) is 12.6. The molecule has 0 saturated carbocycles. The lowest BCUT2D eigenvalue weighted by Crippen LogP contribution is -2.06. The fraction of sp³-hybridized carbons (Fsp3) is 0. The fourth-order valence-corrected chi connectivity index (χ4v) is 8.28. The van der Waals surface area contributed by atoms with Crippen molar-refractivity contribution in [2.24, 2.45) is 0 Å². The van der Waals surface area contributed by atoms with Gasteiger partial charge in [-0.1, -0.05) is 109 Å². The number of aldehydes is 3. The SMILES string of the molecule is O=Cc1ccc2c(c1-c1cc(-c3c(C=O)ccc4c3-c3ccccc3-4)cc(-c3c(C=O)ccc4c3-c3ccccc3-4)c1)-c1ccccc1-2. The number of rotatable bonds is 6. The summed E-state index contributed by atoms with van der Waals surface area (Å²) in [5.74, 6) is 0. The van der Waals surface area contributed by atoms with E-state index in [0.29, 0.717) is 16.7 Å². The highest BCUT2D eigenvalue weighted by atomic mass is 16.1. The number of carbonyl (C=O) groups excluding carboxylic acids is 3. The largest absolute Gasteiger partial charge is 0.298 e. The van der Waals surface area contributed by atoms with Gasteiger partial charge in [-0.05, 0) is 102 Å². The van der Waals surface area contributed by atoms with Gasteiger partial charge in [0.25, 0.3) is 0 Å². The van der Waals surface area contributed by atoms with Gasteiger partial charge in [0.2, 0.25) is 0 Å². The van der Waals surface area contributed by atoms with Crippen LogP contribution in [-0.2, 0) is 0 Å². The topological polar surface area (TPSA) is 51.2 Å². The molecule has 0 atom stereocenters. The highest BCUT2D eigenvalue weighted by Crippen LogP contribution is 2.57. The molecule has 0 radical (unpaired) electrons. The van der Waals surface area contributed by atoms with Crippen LogP contribution in [0.3, 0.4) is 0 Å². The van der Waals surface area contributed by atoms with Crippen LogP contribution in [0.5, 0.6) is 0 Å². The molecule has 0 spiro atoms. The van der Waals surface area contributed by atoms with Crippen molar-refractivity contribution in [1.82, 2.24) is 0 Å². The molecule has 3 heteroatoms. The summed E-state index contributed by atoms with van der Waals surface area (Å²) in [6.07, 6.45) is 2.77. The van der Waals surface area contributed by atoms with E-state index in [-0.39, 0.29) is 0 Å². The maximum atomic E-state index is 12.7. The third-order valence-corrected chi connectivity index (χ3v) is 10.4. The first-order chi connectivity index (χ1) is 23.7. The van der Waals surface area contributed by atoms with Crippen molar-refractivity contribution in [2.45, 2.75) is 0 Å². The zero-order valence-electron chi connectivity index (χ0n) is 25.6. The highest BCUT2D eigenvalue weighted by Gasteiger charge is 2.32. The van der Waals surface area contributed by atoms with E-state index in [2.05, 4.69) is 54.6 Å². The summed E-state index contributed by atoms with van der Waals surface area (Å²) in [6.45, 7) is 0. The van der Waals surface area contributed by atoms with E-state index in [9.17, 15) is 14.4 Å². The maximum absolute atomic E-state index is 12.7. The lowest BCUT2D eigenvalue weighted by Gasteiger charge is -2.31. The van der Waals surface area contributed by atoms with Gasteiger partial charge < -0.3 is 0 Å². The average molecular weight is 613 g/mol. The van der Waals surface area contributed by atoms with Gasteiger partial charge in [0.05, 0.1) is 0 Å². The molecule has 0 aliphatic heterocycles. The molecule has 3 aliphatic carbocycles. The smallest absolute Gasteiger partial charge is 0.150 e. The second-order valence-electron chi connectivity index (χ2n) is 12.6. The minimum absolute atomic E-state index is 0.593. The Morgan fingerprint density at radius 1 is 0.271 bits per heavy atom. The normalized spacial score (nSPS) is 12.0. The standard InChI is InChI=1S/C45H24O3/c46-22-25-13-16-37-31-7-1-4-10-34(31)43(37)40(25)28-19-29(41-26(23-47)14-17-38-32-8-2-5-11-35(32)44(38)41)21-30(20-28)42-27(24-48)15-18-39-33-9-3-6-12-36(33)45(39)42/h1-24H. The Balaban J connectivity index is 1.31. The quantitative estimate of drug-likeness (QED) is 0.176. The van der Waals surface area contributed by atoms with Gasteiger partial charge in [-0.25, -0.2) is 0 Å². The van der Waals surface area contributed by atoms with Gasteiger partial charge in [-0.3, -0.25) is 14.4 Å². The van der Waals surface area contributed by atoms with Gasteiger partial charge >= 0.3 is 0 Å². The number of hydrogen-bond donors (Lipinski definition) is 0. The maximum Gasteiger partial charge on any atom is 0.150 e. The van der Waals surface area contributed by atoms with E-state index in [4.69, 9.17) is 0 Å². The van der Waals surface area contributed by atoms with Crippen LogP contribution in [0, 0.1) is 0 Å². The number of fused-ring (bicyclic) bond motifs is 12. The Bertz CT molecular complexity index is 2320. The molecule has 0 bridgehead atoms. The van der Waals surface area contributed by atoms with Crippen molar-refractivity contribution in [3.05, 3.63) is 144 Å². The Hall–Kier alpha value is -6.45. The predicted octanol–water partition coefficient (Wildman–Crippen LogP) is 11.1. The van der Waals surface area contributed by atoms with Crippen LogP contribution in [0.2, 0.25) is 0 Å². The van der Waals surface area contributed by atoms with Crippen molar-refractivity contribution in [3.63, 3.8) is 0 Å². The van der Waals surface area contributed by atoms with Gasteiger partial charge in [0.1, 0.15) is 0 Å². The van der Waals surface area contributed by atoms with Crippen molar-refractivity contribution < 1.29 is 14.4 Å². The zero-order chi connectivity index (χ0) is 32.1. The molecule has 222 valence electrons. The molecule has 0 saturated heterocycles. The number of carbonyl (C=O) groups is 3. The molecular weight excluding hydrogens is 588 g/mol. The van der Waals surface area contributed by atoms with Gasteiger partial charge in [0, 0.05) is 33.4 Å². The molecule has 3 nitrogen and oxygen atoms in total. The number of benzene rings is 7. The molecular formula is C45H24O3. The molecule has 0 unspecified atom stereocenters. The zero-order valence-corrected chi connectivity index (χ0v) is 25.6. The Morgan fingerprint density at radius 3 is 0.812 bits per heavy atom. The van der Waals surface area contributed by atoms with Gasteiger partial charge in [-0.15, -0.1) is 0 Å². The van der Waals surface area contributed by atoms with Crippen LogP contribution in [0.1, 0.15) is 31.1 Å². The molecule has 48 heavy (non-hydrogen) atoms. The van der Waals surface area contributed by atoms with Crippen molar-refractivity contribution in [3.8, 4) is 100 Å². The van der Waals surface area contributed by atoms with Crippen LogP contribution in [-0.4, -0.2) is 18.9 Å². The third-order valence-electron chi connectivity index (χ3n) is 10.4. The van der Waals surface area contributed by atoms with Gasteiger partial charge in [0.15, 0.2) is 18.9 Å². The molecule has 0 amide bonds. The lowest BCUT2D eigenvalue weighted by atomic mass is 9.72. The lowest BCUT2D eigenvalue weighted by molar-refractivity contribution is 0.111. The molecule has 7 aromatic carbocycles. The van der Waals surface area contributed by atoms with Crippen LogP contribution >= 0.6 is 0 Å². The summed E-state index contributed by atoms with van der Waals surface area (Å²) in [4.78, 5) is 38.1. The van der Waals surface area contributed by atoms with Crippen molar-refractivity contribution in [2.75, 3.05) is 0 Å². The molecule has 0 fully saturated rings. The van der Waals surface area contributed by atoms with E-state index in [0.717, 1.165) is 119 Å². The summed E-state index contributed by atoms with van der Waals surface area (Å²) in [6, 6.07) is 42.9. The monoisotopic (exact) mass is 612 g/mol. The van der Waals surface area contributed by atoms with Crippen LogP contribution in [0.15, 0.2) is 127 Å². The summed E-state index contributed by atoms with van der Waals surface area (Å²) >= 11 is 0. The van der Waals surface area contributed by atoms with Crippen molar-refractivity contribution >= 4 is 18.9 Å². The highest BCUT2D eigenvalue weighted by molar-refractivity contribution is 6.17. The summed E-state index contributed by atoms with van der Waals surface area (Å²) in [5, 5.41) is 0. The van der Waals surface area contributed by atoms with Gasteiger partial charge in [-0.2, -0.15) is 0 Å². The summed E-state index contributed by atoms with van der Waals surface area (Å²) in [5.41, 5.74) is 20.2. The van der Waals surface area contributed by atoms with Crippen LogP contribution < -0.4 is 0 Å². The molecule has 7 aromatic rings. The minimum Gasteiger partial charge on any atom is -0.298 e. The van der Waals surface area contributed by atoms with Crippen LogP contribution in [0.4, 0.5) is 0 Å². The van der Waals surface area contributed by atoms with E-state index >= 15 is 0 Å². The first kappa shape index (κ1) is 26.7. The molecule has 3 aliphatic rings. The fourth-order valence-electron chi connectivity index (χ4n) is 8.28. The van der Waals surface area contributed by atoms with Crippen LogP contribution in [0.25, 0.3) is 100 Å². The molecule has 10 rings (SSSR count). The molecule has 0 heterocycles. The van der Waals surface area contributed by atoms with E-state index in [1.165, 1.54) is 0 Å². The molecule has 0 N–H and O–H groups in total. The Kier molecular flexibility index (Phi) is 5.45. The van der Waals surface area contributed by atoms with E-state index < -0.39 is 0 Å². The Morgan fingerprint density at radius 2 is 0.542 bits per heavy atom. The summed E-state index contributed by atoms with van der Waals surface area (Å²) < 4.78 is 0. The predicted molar refractivity (Wildman–Crippen MR) is 192 cm³/mol. The van der Waals surface area contributed by atoms with E-state index in [1.807, 2.05) is 72.8 Å². The third kappa shape index (κ3) is 3.40. The van der Waals surface area contributed by atoms with Crippen molar-refractivity contribution in [1.29, 1.82) is 0 Å². The Labute approximate surface area is 276 Å². The summed E-state index contributed by atoms with van der Waals surface area (Å²) in [7, 11) is 0. The first-order valence-electron chi connectivity index (χ1n) is 16.0. The second kappa shape index (κ2) is 9.78.